The second-order valence-electron chi connectivity index (χ2n) is 19.1. The van der Waals surface area contributed by atoms with Crippen LogP contribution in [0.1, 0.15) is 12.8 Å². The minimum Gasteiger partial charge on any atom is -0.423 e. The molecule has 0 bridgehead atoms. The van der Waals surface area contributed by atoms with Crippen molar-refractivity contribution in [3.63, 3.8) is 0 Å². The maximum atomic E-state index is 8.63. The first-order chi connectivity index (χ1) is 40.7. The van der Waals surface area contributed by atoms with Crippen LogP contribution in [0.3, 0.4) is 0 Å². The summed E-state index contributed by atoms with van der Waals surface area (Å²) in [6.45, 7) is 2.00. The van der Waals surface area contributed by atoms with Crippen molar-refractivity contribution < 1.29 is 14.8 Å². The van der Waals surface area contributed by atoms with Crippen molar-refractivity contribution >= 4 is 55.8 Å². The Balaban J connectivity index is 0.000000161. The maximum absolute atomic E-state index is 8.63. The molecule has 2 N–H and O–H groups in total. The zero-order valence-electron chi connectivity index (χ0n) is 45.5. The molecule has 3 radical (unpaired) electrons. The van der Waals surface area contributed by atoms with Gasteiger partial charge in [-0.2, -0.15) is 9.97 Å². The van der Waals surface area contributed by atoms with E-state index in [4.69, 9.17) is 69.5 Å². The van der Waals surface area contributed by atoms with E-state index in [0.717, 1.165) is 85.5 Å². The first-order valence-corrected chi connectivity index (χ1v) is 28.1. The van der Waals surface area contributed by atoms with Gasteiger partial charge in [0.15, 0.2) is 29.1 Å². The standard InChI is InChI=1S/C33H22ClN3.C27H18ClN3.C6H6BClO2.C4H8O.B/c34-30-18-16-26(17-19-30)32-35-31(25-14-8-3-9-15-25)36-33(37-32)29-21-27(23-10-4-1-5-11-23)20-28(22-29)24-12-6-2-7-13-24;28-27-30-25(21-14-8-3-9-15-21)29-26(31-27)24-17-22(19-10-4-1-5-11-19)16-23(18-24)20-12-6-2-7-13-20;8-6-3-1-5(2-4-6)7(9)10;1-2-4-5-3-1;/h1-22H;1-18H;1-4,9-10H;1-4H2;. The van der Waals surface area contributed by atoms with Crippen molar-refractivity contribution in [3.05, 3.63) is 282 Å². The first kappa shape index (κ1) is 59.7. The second-order valence-corrected chi connectivity index (χ2v) is 20.3. The van der Waals surface area contributed by atoms with Gasteiger partial charge in [0.05, 0.1) is 0 Å². The molecular weight excluding hydrogens is 1100 g/mol. The van der Waals surface area contributed by atoms with Gasteiger partial charge in [0.1, 0.15) is 0 Å². The molecule has 1 aliphatic heterocycles. The van der Waals surface area contributed by atoms with Gasteiger partial charge in [-0.05, 0) is 147 Å². The van der Waals surface area contributed by atoms with E-state index in [9.17, 15) is 0 Å². The van der Waals surface area contributed by atoms with Crippen LogP contribution < -0.4 is 5.46 Å². The average Bonchev–Trinajstić information content (AvgIpc) is 3.95. The molecule has 0 spiro atoms. The van der Waals surface area contributed by atoms with E-state index in [1.807, 2.05) is 133 Å². The summed E-state index contributed by atoms with van der Waals surface area (Å²) in [5.74, 6) is 2.96. The third-order valence-electron chi connectivity index (χ3n) is 13.2. The Morgan fingerprint density at radius 2 is 0.536 bits per heavy atom. The highest BCUT2D eigenvalue weighted by atomic mass is 35.5. The smallest absolute Gasteiger partial charge is 0.423 e. The lowest BCUT2D eigenvalue weighted by Gasteiger charge is -2.12. The third-order valence-corrected chi connectivity index (χ3v) is 13.9. The monoisotopic (exact) mass is 1150 g/mol. The zero-order valence-corrected chi connectivity index (χ0v) is 47.8. The summed E-state index contributed by atoms with van der Waals surface area (Å²) >= 11 is 18.0. The van der Waals surface area contributed by atoms with Crippen LogP contribution in [-0.4, -0.2) is 68.7 Å². The predicted molar refractivity (Wildman–Crippen MR) is 346 cm³/mol. The SMILES string of the molecule is C1CCOC1.Clc1ccc(-c2nc(-c3ccccc3)nc(-c3cc(-c4ccccc4)cc(-c4ccccc4)c3)n2)cc1.Clc1nc(-c2ccccc2)nc(-c2cc(-c3ccccc3)cc(-c3ccccc3)c2)n1.OB(O)c1ccc(Cl)cc1.[B]. The van der Waals surface area contributed by atoms with E-state index in [1.165, 1.54) is 12.8 Å². The molecule has 9 nitrogen and oxygen atoms in total. The highest BCUT2D eigenvalue weighted by molar-refractivity contribution is 6.58. The predicted octanol–water partition coefficient (Wildman–Crippen LogP) is 16.5. The molecular formula is C70H54B2Cl3N6O3. The Morgan fingerprint density at radius 3 is 0.833 bits per heavy atom. The van der Waals surface area contributed by atoms with Gasteiger partial charge < -0.3 is 14.8 Å². The van der Waals surface area contributed by atoms with Crippen molar-refractivity contribution in [1.82, 2.24) is 29.9 Å². The molecule has 13 rings (SSSR count). The van der Waals surface area contributed by atoms with Crippen LogP contribution in [0.5, 0.6) is 0 Å². The van der Waals surface area contributed by atoms with E-state index in [-0.39, 0.29) is 13.7 Å². The molecule has 12 aromatic rings. The Morgan fingerprint density at radius 1 is 0.286 bits per heavy atom. The van der Waals surface area contributed by atoms with Gasteiger partial charge in [-0.15, -0.1) is 0 Å². The van der Waals surface area contributed by atoms with Crippen LogP contribution in [0.25, 0.3) is 101 Å². The molecule has 2 aromatic heterocycles. The number of rotatable bonds is 10. The number of hydrogen-bond donors (Lipinski definition) is 2. The number of ether oxygens (including phenoxy) is 1. The lowest BCUT2D eigenvalue weighted by molar-refractivity contribution is 0.198. The van der Waals surface area contributed by atoms with Crippen molar-refractivity contribution in [1.29, 1.82) is 0 Å². The Labute approximate surface area is 507 Å². The van der Waals surface area contributed by atoms with Crippen LogP contribution in [0.15, 0.2) is 267 Å². The normalized spacial score (nSPS) is 11.3. The molecule has 409 valence electrons. The van der Waals surface area contributed by atoms with E-state index in [0.29, 0.717) is 44.6 Å². The van der Waals surface area contributed by atoms with Crippen molar-refractivity contribution in [2.45, 2.75) is 12.8 Å². The van der Waals surface area contributed by atoms with Crippen molar-refractivity contribution in [3.8, 4) is 101 Å². The summed E-state index contributed by atoms with van der Waals surface area (Å²) in [5, 5.41) is 18.7. The summed E-state index contributed by atoms with van der Waals surface area (Å²) in [5.41, 5.74) is 13.9. The topological polar surface area (TPSA) is 127 Å². The Bertz CT molecular complexity index is 3870. The molecule has 1 fully saturated rings. The highest BCUT2D eigenvalue weighted by Crippen LogP contribution is 2.35. The van der Waals surface area contributed by atoms with E-state index in [1.54, 1.807) is 24.3 Å². The van der Waals surface area contributed by atoms with Gasteiger partial charge in [0.2, 0.25) is 5.28 Å². The fraction of sp³-hybridized carbons (Fsp3) is 0.0571. The third kappa shape index (κ3) is 16.4. The molecule has 10 aromatic carbocycles. The Kier molecular flexibility index (Phi) is 21.2. The number of nitrogens with zero attached hydrogens (tertiary/aromatic N) is 6. The summed E-state index contributed by atoms with van der Waals surface area (Å²) in [4.78, 5) is 28.2. The zero-order chi connectivity index (χ0) is 57.2. The summed E-state index contributed by atoms with van der Waals surface area (Å²) < 4.78 is 4.94. The number of benzene rings is 10. The molecule has 0 amide bonds. The van der Waals surface area contributed by atoms with Crippen LogP contribution in [-0.2, 0) is 4.74 Å². The maximum Gasteiger partial charge on any atom is 0.488 e. The quantitative estimate of drug-likeness (QED) is 0.129. The average molecular weight is 1160 g/mol. The molecule has 0 unspecified atom stereocenters. The van der Waals surface area contributed by atoms with Gasteiger partial charge in [-0.1, -0.05) is 217 Å². The molecule has 0 aliphatic carbocycles. The minimum absolute atomic E-state index is 0. The summed E-state index contributed by atoms with van der Waals surface area (Å²) in [6.07, 6.45) is 2.56. The van der Waals surface area contributed by atoms with Gasteiger partial charge >= 0.3 is 7.12 Å². The highest BCUT2D eigenvalue weighted by Gasteiger charge is 2.17. The van der Waals surface area contributed by atoms with E-state index < -0.39 is 7.12 Å². The van der Waals surface area contributed by atoms with Gasteiger partial charge in [-0.25, -0.2) is 19.9 Å². The molecule has 1 aliphatic rings. The summed E-state index contributed by atoms with van der Waals surface area (Å²) in [7, 11) is -1.41. The van der Waals surface area contributed by atoms with E-state index >= 15 is 0 Å². The van der Waals surface area contributed by atoms with Crippen LogP contribution in [0.4, 0.5) is 0 Å². The Hall–Kier alpha value is -8.90. The number of aromatic nitrogens is 6. The van der Waals surface area contributed by atoms with E-state index in [2.05, 4.69) is 119 Å². The molecule has 14 heteroatoms. The van der Waals surface area contributed by atoms with Gasteiger partial charge in [0, 0.05) is 59.5 Å². The van der Waals surface area contributed by atoms with Crippen molar-refractivity contribution in [2.75, 3.05) is 13.2 Å². The molecule has 1 saturated heterocycles. The second kappa shape index (κ2) is 29.9. The lowest BCUT2D eigenvalue weighted by Crippen LogP contribution is -2.29. The van der Waals surface area contributed by atoms with Crippen LogP contribution in [0, 0.1) is 0 Å². The van der Waals surface area contributed by atoms with Crippen molar-refractivity contribution in [2.24, 2.45) is 0 Å². The molecule has 3 heterocycles. The largest absolute Gasteiger partial charge is 0.488 e. The molecule has 0 saturated carbocycles. The first-order valence-electron chi connectivity index (χ1n) is 27.0. The summed E-state index contributed by atoms with van der Waals surface area (Å²) in [6, 6.07) is 88.0. The fourth-order valence-corrected chi connectivity index (χ4v) is 9.40. The van der Waals surface area contributed by atoms with Crippen LogP contribution in [0.2, 0.25) is 15.3 Å². The van der Waals surface area contributed by atoms with Gasteiger partial charge in [0.25, 0.3) is 0 Å². The lowest BCUT2D eigenvalue weighted by atomic mass is 9.81. The number of hydrogen-bond acceptors (Lipinski definition) is 9. The number of halogens is 3. The van der Waals surface area contributed by atoms with Gasteiger partial charge in [-0.3, -0.25) is 0 Å². The molecule has 0 atom stereocenters. The van der Waals surface area contributed by atoms with Crippen LogP contribution >= 0.6 is 34.8 Å². The minimum atomic E-state index is -1.41. The fourth-order valence-electron chi connectivity index (χ4n) is 8.99. The molecule has 84 heavy (non-hydrogen) atoms.